The quantitative estimate of drug-likeness (QED) is 0.304. The lowest BCUT2D eigenvalue weighted by molar-refractivity contribution is -0.329. The summed E-state index contributed by atoms with van der Waals surface area (Å²) in [7, 11) is 0. The number of aliphatic carboxylic acids is 1. The van der Waals surface area contributed by atoms with E-state index in [1.807, 2.05) is 18.2 Å². The Morgan fingerprint density at radius 2 is 1.74 bits per heavy atom. The van der Waals surface area contributed by atoms with Crippen LogP contribution in [-0.4, -0.2) is 11.8 Å². The monoisotopic (exact) mass is 531 g/mol. The van der Waals surface area contributed by atoms with E-state index in [-0.39, 0.29) is 33.9 Å². The molecular formula is C35H47O4-. The summed E-state index contributed by atoms with van der Waals surface area (Å²) in [5.41, 5.74) is 1.09. The number of fused-ring (bicyclic) bond motifs is 7. The van der Waals surface area contributed by atoms with Crippen molar-refractivity contribution in [1.82, 2.24) is 0 Å². The molecule has 0 amide bonds. The van der Waals surface area contributed by atoms with Crippen LogP contribution in [0.1, 0.15) is 105 Å². The Labute approximate surface area is 234 Å². The van der Waals surface area contributed by atoms with E-state index in [0.717, 1.165) is 74.7 Å². The molecule has 0 spiro atoms. The fraction of sp³-hybridized carbons (Fsp3) is 0.714. The smallest absolute Gasteiger partial charge is 0.164 e. The maximum absolute atomic E-state index is 13.8. The van der Waals surface area contributed by atoms with Crippen LogP contribution in [0.5, 0.6) is 0 Å². The minimum atomic E-state index is -0.818. The van der Waals surface area contributed by atoms with Gasteiger partial charge in [-0.1, -0.05) is 46.8 Å². The molecule has 5 aliphatic rings. The normalized spacial score (nSPS) is 47.6. The van der Waals surface area contributed by atoms with Crippen molar-refractivity contribution in [3.8, 4) is 0 Å². The van der Waals surface area contributed by atoms with Crippen LogP contribution in [0.25, 0.3) is 6.08 Å². The van der Waals surface area contributed by atoms with Gasteiger partial charge in [0.15, 0.2) is 5.78 Å². The largest absolute Gasteiger partial charge is 0.550 e. The number of allylic oxidation sites excluding steroid dienone is 2. The molecule has 1 heterocycles. The standard InChI is InChI=1S/C35H48O4/c1-21(2)24-12-15-35(30(37)38)17-16-33(6)25(28(24)35)10-11-27-32(5)20-22(19-23-9-8-18-39-23)29(36)31(3,4)26(32)13-14-34(27,33)7/h8-9,18-19,24-28H,1,10-17,20H2,2-7H3,(H,37,38)/p-1/t24?,25?,26?,27?,28?,32-,33+,34+,35-/m0/s1. The van der Waals surface area contributed by atoms with Crippen molar-refractivity contribution in [3.05, 3.63) is 41.9 Å². The molecule has 0 N–H and O–H groups in total. The van der Waals surface area contributed by atoms with Gasteiger partial charge in [0.2, 0.25) is 0 Å². The number of carbonyl (C=O) groups excluding carboxylic acids is 2. The molecule has 4 nitrogen and oxygen atoms in total. The molecule has 0 aliphatic heterocycles. The van der Waals surface area contributed by atoms with Gasteiger partial charge < -0.3 is 14.3 Å². The fourth-order valence-corrected chi connectivity index (χ4v) is 12.0. The van der Waals surface area contributed by atoms with Gasteiger partial charge in [0.1, 0.15) is 5.76 Å². The molecule has 5 fully saturated rings. The SMILES string of the molecule is C=C(C)C1CC[C@]2(C(=O)[O-])CC[C@]3(C)C(CCC4[C@@]5(C)CC(=Cc6ccco6)C(=O)C(C)(C)C5CC[C@]43C)C12. The second-order valence-corrected chi connectivity index (χ2v) is 15.5. The van der Waals surface area contributed by atoms with E-state index in [1.165, 1.54) is 0 Å². The summed E-state index contributed by atoms with van der Waals surface area (Å²) in [6.45, 7) is 18.3. The molecule has 212 valence electrons. The van der Waals surface area contributed by atoms with Crippen LogP contribution in [-0.2, 0) is 9.59 Å². The summed E-state index contributed by atoms with van der Waals surface area (Å²) in [5, 5.41) is 12.8. The molecule has 6 rings (SSSR count). The Morgan fingerprint density at radius 1 is 1.00 bits per heavy atom. The minimum Gasteiger partial charge on any atom is -0.550 e. The third-order valence-electron chi connectivity index (χ3n) is 13.9. The summed E-state index contributed by atoms with van der Waals surface area (Å²) in [6, 6.07) is 3.82. The highest BCUT2D eigenvalue weighted by Crippen LogP contribution is 2.77. The van der Waals surface area contributed by atoms with E-state index in [9.17, 15) is 14.7 Å². The Balaban J connectivity index is 1.42. The second kappa shape index (κ2) is 8.46. The first-order valence-electron chi connectivity index (χ1n) is 15.4. The zero-order valence-corrected chi connectivity index (χ0v) is 24.9. The molecule has 5 unspecified atom stereocenters. The fourth-order valence-electron chi connectivity index (χ4n) is 12.0. The molecular weight excluding hydrogens is 484 g/mol. The third-order valence-corrected chi connectivity index (χ3v) is 13.9. The van der Waals surface area contributed by atoms with Crippen molar-refractivity contribution in [1.29, 1.82) is 0 Å². The van der Waals surface area contributed by atoms with E-state index in [2.05, 4.69) is 48.1 Å². The Kier molecular flexibility index (Phi) is 5.88. The number of furan rings is 1. The molecule has 0 aromatic carbocycles. The number of Topliss-reactive ketones (excluding diaryl/α,β-unsaturated/α-hetero) is 1. The molecule has 4 heteroatoms. The lowest BCUT2D eigenvalue weighted by Crippen LogP contribution is -2.67. The van der Waals surface area contributed by atoms with Gasteiger partial charge in [-0.15, -0.1) is 0 Å². The van der Waals surface area contributed by atoms with E-state index in [4.69, 9.17) is 4.42 Å². The highest BCUT2D eigenvalue weighted by molar-refractivity contribution is 6.04. The summed E-state index contributed by atoms with van der Waals surface area (Å²) < 4.78 is 5.64. The molecule has 39 heavy (non-hydrogen) atoms. The van der Waals surface area contributed by atoms with Crippen LogP contribution in [0.2, 0.25) is 0 Å². The van der Waals surface area contributed by atoms with E-state index in [1.54, 1.807) is 6.26 Å². The van der Waals surface area contributed by atoms with Crippen molar-refractivity contribution in [2.45, 2.75) is 99.3 Å². The number of ketones is 1. The van der Waals surface area contributed by atoms with E-state index >= 15 is 0 Å². The van der Waals surface area contributed by atoms with Crippen LogP contribution in [0.3, 0.4) is 0 Å². The van der Waals surface area contributed by atoms with Crippen molar-refractivity contribution in [2.75, 3.05) is 0 Å². The molecule has 1 aromatic rings. The van der Waals surface area contributed by atoms with Crippen LogP contribution >= 0.6 is 0 Å². The molecule has 0 radical (unpaired) electrons. The minimum absolute atomic E-state index is 0.00311. The van der Waals surface area contributed by atoms with Crippen LogP contribution in [0, 0.1) is 56.7 Å². The number of carboxylic acid groups (broad SMARTS) is 1. The molecule has 9 atom stereocenters. The third kappa shape index (κ3) is 3.35. The van der Waals surface area contributed by atoms with Crippen molar-refractivity contribution in [2.24, 2.45) is 56.7 Å². The number of hydrogen-bond donors (Lipinski definition) is 0. The topological polar surface area (TPSA) is 70.3 Å². The first kappa shape index (κ1) is 27.1. The number of carbonyl (C=O) groups is 2. The zero-order valence-electron chi connectivity index (χ0n) is 24.9. The van der Waals surface area contributed by atoms with E-state index < -0.39 is 16.8 Å². The van der Waals surface area contributed by atoms with Gasteiger partial charge in [-0.3, -0.25) is 4.79 Å². The Morgan fingerprint density at radius 3 is 2.38 bits per heavy atom. The number of hydrogen-bond acceptors (Lipinski definition) is 4. The average molecular weight is 532 g/mol. The zero-order chi connectivity index (χ0) is 28.2. The van der Waals surface area contributed by atoms with Gasteiger partial charge in [-0.2, -0.15) is 0 Å². The lowest BCUT2D eigenvalue weighted by atomic mass is 9.32. The van der Waals surface area contributed by atoms with Crippen LogP contribution in [0.4, 0.5) is 0 Å². The highest BCUT2D eigenvalue weighted by Gasteiger charge is 2.71. The molecule has 5 aliphatic carbocycles. The van der Waals surface area contributed by atoms with Gasteiger partial charge in [0, 0.05) is 16.8 Å². The van der Waals surface area contributed by atoms with Crippen LogP contribution < -0.4 is 5.11 Å². The summed E-state index contributed by atoms with van der Waals surface area (Å²) in [6.07, 6.45) is 12.1. The van der Waals surface area contributed by atoms with Gasteiger partial charge in [-0.05, 0) is 134 Å². The van der Waals surface area contributed by atoms with Crippen molar-refractivity contribution in [3.63, 3.8) is 0 Å². The molecule has 1 aromatic heterocycles. The summed E-state index contributed by atoms with van der Waals surface area (Å²) >= 11 is 0. The maximum atomic E-state index is 13.8. The van der Waals surface area contributed by atoms with Gasteiger partial charge >= 0.3 is 0 Å². The van der Waals surface area contributed by atoms with Gasteiger partial charge in [0.05, 0.1) is 6.26 Å². The van der Waals surface area contributed by atoms with Crippen LogP contribution in [0.15, 0.2) is 40.5 Å². The van der Waals surface area contributed by atoms with E-state index in [0.29, 0.717) is 17.8 Å². The molecule has 5 saturated carbocycles. The van der Waals surface area contributed by atoms with Crippen molar-refractivity contribution >= 4 is 17.8 Å². The molecule has 0 bridgehead atoms. The molecule has 0 saturated heterocycles. The summed E-state index contributed by atoms with van der Waals surface area (Å²) in [4.78, 5) is 26.6. The number of carboxylic acids is 1. The Hall–Kier alpha value is -2.10. The predicted octanol–water partition coefficient (Wildman–Crippen LogP) is 7.25. The van der Waals surface area contributed by atoms with Crippen molar-refractivity contribution < 1.29 is 19.1 Å². The first-order valence-corrected chi connectivity index (χ1v) is 15.4. The van der Waals surface area contributed by atoms with Gasteiger partial charge in [0.25, 0.3) is 0 Å². The summed E-state index contributed by atoms with van der Waals surface area (Å²) in [5.74, 6) is 1.80. The predicted molar refractivity (Wildman–Crippen MR) is 151 cm³/mol. The number of rotatable bonds is 3. The lowest BCUT2D eigenvalue weighted by Gasteiger charge is -2.72. The average Bonchev–Trinajstić information content (AvgIpc) is 3.51. The second-order valence-electron chi connectivity index (χ2n) is 15.5. The Bertz CT molecular complexity index is 1240. The highest BCUT2D eigenvalue weighted by atomic mass is 16.4. The maximum Gasteiger partial charge on any atom is 0.164 e. The first-order chi connectivity index (χ1) is 18.2. The van der Waals surface area contributed by atoms with Gasteiger partial charge in [-0.25, -0.2) is 0 Å².